The lowest BCUT2D eigenvalue weighted by molar-refractivity contribution is -0.139. The molecular weight excluding hydrogens is 296 g/mol. The van der Waals surface area contributed by atoms with Crippen molar-refractivity contribution >= 4 is 11.6 Å². The fourth-order valence-corrected chi connectivity index (χ4v) is 7.40. The lowest BCUT2D eigenvalue weighted by atomic mass is 9.45. The minimum absolute atomic E-state index is 0.123. The highest BCUT2D eigenvalue weighted by Crippen LogP contribution is 2.69. The van der Waals surface area contributed by atoms with E-state index in [1.54, 1.807) is 0 Å². The minimum atomic E-state index is -0.123. The van der Waals surface area contributed by atoms with Gasteiger partial charge in [0.05, 0.1) is 0 Å². The summed E-state index contributed by atoms with van der Waals surface area (Å²) < 4.78 is 0. The van der Waals surface area contributed by atoms with Gasteiger partial charge in [-0.2, -0.15) is 0 Å². The van der Waals surface area contributed by atoms with Gasteiger partial charge in [0.25, 0.3) is 0 Å². The van der Waals surface area contributed by atoms with Crippen LogP contribution >= 0.6 is 0 Å². The third kappa shape index (κ3) is 1.89. The van der Waals surface area contributed by atoms with Crippen molar-refractivity contribution in [2.24, 2.45) is 34.0 Å². The Kier molecular flexibility index (Phi) is 3.48. The molecule has 3 saturated carbocycles. The average molecular weight is 328 g/mol. The molecule has 0 bridgehead atoms. The molecule has 0 spiro atoms. The van der Waals surface area contributed by atoms with Crippen LogP contribution < -0.4 is 0 Å². The van der Waals surface area contributed by atoms with Crippen LogP contribution in [0.5, 0.6) is 0 Å². The summed E-state index contributed by atoms with van der Waals surface area (Å²) in [7, 11) is 0. The van der Waals surface area contributed by atoms with E-state index in [1.165, 1.54) is 31.3 Å². The van der Waals surface area contributed by atoms with E-state index < -0.39 is 0 Å². The molecule has 0 aromatic rings. The van der Waals surface area contributed by atoms with E-state index >= 15 is 0 Å². The van der Waals surface area contributed by atoms with Crippen molar-refractivity contribution < 1.29 is 9.59 Å². The van der Waals surface area contributed by atoms with Crippen LogP contribution in [0.15, 0.2) is 11.6 Å². The van der Waals surface area contributed by atoms with Crippen molar-refractivity contribution in [1.82, 2.24) is 0 Å². The Labute approximate surface area is 146 Å². The maximum Gasteiger partial charge on any atom is 0.155 e. The van der Waals surface area contributed by atoms with Gasteiger partial charge in [0.15, 0.2) is 5.78 Å². The number of fused-ring (bicyclic) bond motifs is 5. The number of hydrogen-bond donors (Lipinski definition) is 0. The SMILES string of the molecule is CC(=O)[C@@]1(C)CCC2C3CCC4=CC(=O)CCC4(C)C3CC[C@@]21C. The van der Waals surface area contributed by atoms with Crippen LogP contribution in [-0.2, 0) is 9.59 Å². The Morgan fingerprint density at radius 1 is 1.00 bits per heavy atom. The molecule has 4 aliphatic carbocycles. The highest BCUT2D eigenvalue weighted by molar-refractivity contribution is 5.91. The van der Waals surface area contributed by atoms with E-state index in [9.17, 15) is 9.59 Å². The first-order valence-corrected chi connectivity index (χ1v) is 9.97. The lowest BCUT2D eigenvalue weighted by Gasteiger charge is -2.59. The van der Waals surface area contributed by atoms with Crippen LogP contribution in [0.25, 0.3) is 0 Å². The van der Waals surface area contributed by atoms with Crippen molar-refractivity contribution in [1.29, 1.82) is 0 Å². The van der Waals surface area contributed by atoms with Crippen molar-refractivity contribution in [2.75, 3.05) is 0 Å². The van der Waals surface area contributed by atoms with Crippen molar-refractivity contribution in [3.63, 3.8) is 0 Å². The fraction of sp³-hybridized carbons (Fsp3) is 0.818. The topological polar surface area (TPSA) is 34.1 Å². The average Bonchev–Trinajstić information content (AvgIpc) is 2.81. The molecule has 4 rings (SSSR count). The summed E-state index contributed by atoms with van der Waals surface area (Å²) in [5.74, 6) is 2.91. The second-order valence-electron chi connectivity index (χ2n) is 9.85. The molecule has 0 aliphatic heterocycles. The number of rotatable bonds is 1. The minimum Gasteiger partial charge on any atom is -0.299 e. The van der Waals surface area contributed by atoms with Gasteiger partial charge in [-0.1, -0.05) is 26.3 Å². The van der Waals surface area contributed by atoms with Gasteiger partial charge in [-0.05, 0) is 86.5 Å². The Bertz CT molecular complexity index is 632. The van der Waals surface area contributed by atoms with Crippen molar-refractivity contribution in [2.45, 2.75) is 79.1 Å². The van der Waals surface area contributed by atoms with Gasteiger partial charge in [0.1, 0.15) is 5.78 Å². The van der Waals surface area contributed by atoms with Gasteiger partial charge >= 0.3 is 0 Å². The van der Waals surface area contributed by atoms with Gasteiger partial charge in [0, 0.05) is 11.8 Å². The van der Waals surface area contributed by atoms with E-state index in [-0.39, 0.29) is 16.2 Å². The molecule has 132 valence electrons. The van der Waals surface area contributed by atoms with Gasteiger partial charge in [-0.3, -0.25) is 9.59 Å². The first kappa shape index (κ1) is 16.5. The summed E-state index contributed by atoms with van der Waals surface area (Å²) in [6, 6.07) is 0. The van der Waals surface area contributed by atoms with E-state index in [1.807, 2.05) is 13.0 Å². The standard InChI is InChI=1S/C22H32O2/c1-14(23)21(3)11-9-19-17-6-5-15-13-16(24)7-10-20(15,2)18(17)8-12-22(19,21)4/h13,17-19H,5-12H2,1-4H3/t17?,18?,19?,20?,21-,22+/m1/s1. The molecule has 0 heterocycles. The molecule has 4 aliphatic rings. The molecule has 0 aromatic carbocycles. The third-order valence-corrected chi connectivity index (χ3v) is 9.34. The Balaban J connectivity index is 1.70. The number of carbonyl (C=O) groups is 2. The summed E-state index contributed by atoms with van der Waals surface area (Å²) in [5.41, 5.74) is 1.74. The maximum absolute atomic E-state index is 12.5. The second-order valence-corrected chi connectivity index (χ2v) is 9.85. The molecule has 3 fully saturated rings. The summed E-state index contributed by atoms with van der Waals surface area (Å²) in [6.45, 7) is 8.91. The molecule has 2 heteroatoms. The summed E-state index contributed by atoms with van der Waals surface area (Å²) in [4.78, 5) is 24.4. The zero-order chi connectivity index (χ0) is 17.3. The van der Waals surface area contributed by atoms with E-state index in [2.05, 4.69) is 20.8 Å². The zero-order valence-corrected chi connectivity index (χ0v) is 15.8. The summed E-state index contributed by atoms with van der Waals surface area (Å²) in [5, 5.41) is 0. The van der Waals surface area contributed by atoms with Crippen molar-refractivity contribution in [3.05, 3.63) is 11.6 Å². The predicted octanol–water partition coefficient (Wildman–Crippen LogP) is 5.11. The Morgan fingerprint density at radius 2 is 1.71 bits per heavy atom. The number of carbonyl (C=O) groups excluding carboxylic acids is 2. The Hall–Kier alpha value is -0.920. The normalized spacial score (nSPS) is 50.6. The van der Waals surface area contributed by atoms with Crippen LogP contribution in [-0.4, -0.2) is 11.6 Å². The first-order valence-electron chi connectivity index (χ1n) is 9.97. The van der Waals surface area contributed by atoms with E-state index in [0.29, 0.717) is 17.5 Å². The smallest absolute Gasteiger partial charge is 0.155 e. The van der Waals surface area contributed by atoms with Crippen LogP contribution in [0.1, 0.15) is 79.1 Å². The molecule has 6 atom stereocenters. The fourth-order valence-electron chi connectivity index (χ4n) is 7.40. The third-order valence-electron chi connectivity index (χ3n) is 9.34. The van der Waals surface area contributed by atoms with Gasteiger partial charge in [-0.25, -0.2) is 0 Å². The second kappa shape index (κ2) is 5.05. The van der Waals surface area contributed by atoms with Crippen LogP contribution in [0.3, 0.4) is 0 Å². The first-order chi connectivity index (χ1) is 11.2. The Morgan fingerprint density at radius 3 is 2.42 bits per heavy atom. The van der Waals surface area contributed by atoms with Gasteiger partial charge < -0.3 is 0 Å². The number of allylic oxidation sites excluding steroid dienone is 1. The molecule has 24 heavy (non-hydrogen) atoms. The van der Waals surface area contributed by atoms with E-state index in [0.717, 1.165) is 37.5 Å². The van der Waals surface area contributed by atoms with Crippen LogP contribution in [0.4, 0.5) is 0 Å². The summed E-state index contributed by atoms with van der Waals surface area (Å²) in [6.07, 6.45) is 10.8. The summed E-state index contributed by atoms with van der Waals surface area (Å²) >= 11 is 0. The van der Waals surface area contributed by atoms with Crippen LogP contribution in [0.2, 0.25) is 0 Å². The molecule has 0 radical (unpaired) electrons. The zero-order valence-electron chi connectivity index (χ0n) is 15.8. The predicted molar refractivity (Wildman–Crippen MR) is 95.5 cm³/mol. The van der Waals surface area contributed by atoms with Crippen LogP contribution in [0, 0.1) is 34.0 Å². The van der Waals surface area contributed by atoms with Crippen molar-refractivity contribution in [3.8, 4) is 0 Å². The number of ketones is 2. The largest absolute Gasteiger partial charge is 0.299 e. The number of Topliss-reactive ketones (excluding diaryl/α,β-unsaturated/α-hetero) is 1. The number of hydrogen-bond acceptors (Lipinski definition) is 2. The lowest BCUT2D eigenvalue weighted by Crippen LogP contribution is -2.53. The molecule has 0 aromatic heterocycles. The van der Waals surface area contributed by atoms with Gasteiger partial charge in [0.2, 0.25) is 0 Å². The quantitative estimate of drug-likeness (QED) is 0.670. The molecule has 0 N–H and O–H groups in total. The highest BCUT2D eigenvalue weighted by Gasteiger charge is 2.63. The molecule has 4 unspecified atom stereocenters. The molecule has 0 saturated heterocycles. The molecule has 2 nitrogen and oxygen atoms in total. The monoisotopic (exact) mass is 328 g/mol. The van der Waals surface area contributed by atoms with Gasteiger partial charge in [-0.15, -0.1) is 0 Å². The highest BCUT2D eigenvalue weighted by atomic mass is 16.1. The molecule has 0 amide bonds. The van der Waals surface area contributed by atoms with E-state index in [4.69, 9.17) is 0 Å². The molecular formula is C22H32O2. The maximum atomic E-state index is 12.5.